The van der Waals surface area contributed by atoms with Crippen molar-refractivity contribution in [2.24, 2.45) is 16.5 Å². The summed E-state index contributed by atoms with van der Waals surface area (Å²) in [5.41, 5.74) is 12.2. The van der Waals surface area contributed by atoms with Gasteiger partial charge in [0, 0.05) is 18.0 Å². The zero-order chi connectivity index (χ0) is 10.4. The molecule has 1 aromatic rings. The molecule has 0 aromatic carbocycles. The van der Waals surface area contributed by atoms with Crippen LogP contribution in [0.3, 0.4) is 0 Å². The molecule has 0 bridgehead atoms. The maximum atomic E-state index is 5.39. The summed E-state index contributed by atoms with van der Waals surface area (Å²) in [4.78, 5) is 7.95. The number of pyridine rings is 1. The first-order valence-corrected chi connectivity index (χ1v) is 4.06. The minimum atomic E-state index is 0.245. The molecule has 14 heavy (non-hydrogen) atoms. The molecule has 0 saturated carbocycles. The minimum absolute atomic E-state index is 0.245. The predicted molar refractivity (Wildman–Crippen MR) is 57.4 cm³/mol. The topological polar surface area (TPSA) is 77.3 Å². The molecule has 0 radical (unpaired) electrons. The maximum Gasteiger partial charge on any atom is 0.116 e. The molecule has 0 aliphatic heterocycles. The number of nitrogens with two attached hydrogens (primary N) is 2. The van der Waals surface area contributed by atoms with Gasteiger partial charge < -0.3 is 11.5 Å². The van der Waals surface area contributed by atoms with Gasteiger partial charge in [-0.1, -0.05) is 6.58 Å². The van der Waals surface area contributed by atoms with Gasteiger partial charge in [-0.05, 0) is 24.4 Å². The first-order chi connectivity index (χ1) is 6.74. The highest BCUT2D eigenvalue weighted by Crippen LogP contribution is 2.02. The Morgan fingerprint density at radius 3 is 2.57 bits per heavy atom. The van der Waals surface area contributed by atoms with Crippen molar-refractivity contribution in [3.05, 3.63) is 54.8 Å². The molecular weight excluding hydrogens is 176 g/mol. The van der Waals surface area contributed by atoms with Gasteiger partial charge in [-0.25, -0.2) is 4.99 Å². The van der Waals surface area contributed by atoms with Crippen molar-refractivity contribution in [1.29, 1.82) is 0 Å². The second-order valence-corrected chi connectivity index (χ2v) is 2.58. The highest BCUT2D eigenvalue weighted by Gasteiger charge is 1.98. The van der Waals surface area contributed by atoms with E-state index < -0.39 is 0 Å². The van der Waals surface area contributed by atoms with Crippen LogP contribution in [0.4, 0.5) is 0 Å². The Labute approximate surface area is 82.7 Å². The van der Waals surface area contributed by atoms with Crippen LogP contribution in [0.5, 0.6) is 0 Å². The average molecular weight is 188 g/mol. The second-order valence-electron chi connectivity index (χ2n) is 2.58. The van der Waals surface area contributed by atoms with Gasteiger partial charge in [-0.3, -0.25) is 4.98 Å². The van der Waals surface area contributed by atoms with Gasteiger partial charge >= 0.3 is 0 Å². The molecule has 4 nitrogen and oxygen atoms in total. The number of nitrogens with zero attached hydrogens (tertiary/aromatic N) is 2. The third kappa shape index (κ3) is 2.75. The van der Waals surface area contributed by atoms with Gasteiger partial charge in [0.05, 0.1) is 5.71 Å². The number of hydrogen-bond acceptors (Lipinski definition) is 4. The van der Waals surface area contributed by atoms with E-state index in [9.17, 15) is 0 Å². The van der Waals surface area contributed by atoms with Crippen LogP contribution in [0.25, 0.3) is 0 Å². The zero-order valence-electron chi connectivity index (χ0n) is 7.72. The summed E-state index contributed by atoms with van der Waals surface area (Å²) in [7, 11) is 0. The van der Waals surface area contributed by atoms with E-state index in [0.717, 1.165) is 5.56 Å². The van der Waals surface area contributed by atoms with Crippen molar-refractivity contribution >= 4 is 5.71 Å². The molecule has 4 N–H and O–H groups in total. The lowest BCUT2D eigenvalue weighted by molar-refractivity contribution is 1.25. The third-order valence-corrected chi connectivity index (χ3v) is 1.49. The molecule has 0 amide bonds. The lowest BCUT2D eigenvalue weighted by Crippen LogP contribution is -2.02. The van der Waals surface area contributed by atoms with Gasteiger partial charge in [-0.15, -0.1) is 0 Å². The van der Waals surface area contributed by atoms with E-state index in [-0.39, 0.29) is 5.82 Å². The average Bonchev–Trinajstić information content (AvgIpc) is 2.18. The molecule has 0 fully saturated rings. The smallest absolute Gasteiger partial charge is 0.116 e. The van der Waals surface area contributed by atoms with Crippen molar-refractivity contribution < 1.29 is 0 Å². The normalized spacial score (nSPS) is 11.9. The molecule has 0 atom stereocenters. The third-order valence-electron chi connectivity index (χ3n) is 1.49. The molecule has 0 unspecified atom stereocenters. The van der Waals surface area contributed by atoms with Crippen molar-refractivity contribution in [2.75, 3.05) is 0 Å². The lowest BCUT2D eigenvalue weighted by atomic mass is 10.1. The summed E-state index contributed by atoms with van der Waals surface area (Å²) in [5.74, 6) is 0.245. The Hall–Kier alpha value is -2.10. The van der Waals surface area contributed by atoms with Crippen molar-refractivity contribution in [1.82, 2.24) is 4.98 Å². The summed E-state index contributed by atoms with van der Waals surface area (Å²) < 4.78 is 0. The molecule has 0 saturated heterocycles. The number of aromatic nitrogens is 1. The molecule has 0 spiro atoms. The van der Waals surface area contributed by atoms with Crippen LogP contribution in [0, 0.1) is 0 Å². The molecule has 0 aliphatic rings. The number of aliphatic imine (C=N–C) groups is 1. The van der Waals surface area contributed by atoms with E-state index in [1.54, 1.807) is 18.5 Å². The van der Waals surface area contributed by atoms with Crippen molar-refractivity contribution in [3.8, 4) is 0 Å². The molecule has 1 heterocycles. The van der Waals surface area contributed by atoms with Gasteiger partial charge in [0.15, 0.2) is 0 Å². The molecule has 72 valence electrons. The van der Waals surface area contributed by atoms with Crippen LogP contribution in [0.1, 0.15) is 5.56 Å². The van der Waals surface area contributed by atoms with Crippen LogP contribution in [-0.4, -0.2) is 10.7 Å². The molecule has 1 rings (SSSR count). The van der Waals surface area contributed by atoms with Crippen LogP contribution < -0.4 is 11.5 Å². The van der Waals surface area contributed by atoms with E-state index in [2.05, 4.69) is 16.6 Å². The summed E-state index contributed by atoms with van der Waals surface area (Å²) in [6.07, 6.45) is 6.42. The Morgan fingerprint density at radius 1 is 1.43 bits per heavy atom. The van der Waals surface area contributed by atoms with E-state index in [4.69, 9.17) is 11.5 Å². The van der Waals surface area contributed by atoms with Gasteiger partial charge in [0.2, 0.25) is 0 Å². The zero-order valence-corrected chi connectivity index (χ0v) is 7.72. The summed E-state index contributed by atoms with van der Waals surface area (Å²) in [6.45, 7) is 3.50. The fourth-order valence-corrected chi connectivity index (χ4v) is 0.967. The summed E-state index contributed by atoms with van der Waals surface area (Å²) >= 11 is 0. The van der Waals surface area contributed by atoms with E-state index >= 15 is 0 Å². The highest BCUT2D eigenvalue weighted by atomic mass is 14.9. The number of allylic oxidation sites excluding steroid dienone is 1. The predicted octanol–water partition coefficient (Wildman–Crippen LogP) is 0.773. The van der Waals surface area contributed by atoms with Crippen LogP contribution in [0.2, 0.25) is 0 Å². The van der Waals surface area contributed by atoms with Gasteiger partial charge in [0.1, 0.15) is 5.82 Å². The number of rotatable bonds is 3. The van der Waals surface area contributed by atoms with Crippen LogP contribution >= 0.6 is 0 Å². The Kier molecular flexibility index (Phi) is 3.43. The van der Waals surface area contributed by atoms with Gasteiger partial charge in [-0.2, -0.15) is 0 Å². The monoisotopic (exact) mass is 188 g/mol. The molecule has 0 aliphatic carbocycles. The Bertz CT molecular complexity index is 365. The van der Waals surface area contributed by atoms with Crippen LogP contribution in [-0.2, 0) is 0 Å². The Balaban J connectivity index is 3.07. The second kappa shape index (κ2) is 4.81. The summed E-state index contributed by atoms with van der Waals surface area (Å²) in [5, 5.41) is 0. The minimum Gasteiger partial charge on any atom is -0.405 e. The van der Waals surface area contributed by atoms with Crippen LogP contribution in [0.15, 0.2) is 54.2 Å². The molecule has 1 aromatic heterocycles. The van der Waals surface area contributed by atoms with E-state index in [1.807, 2.05) is 12.1 Å². The quantitative estimate of drug-likeness (QED) is 0.688. The SMILES string of the molecule is C=C(N)N=C(/C=C\N)c1ccncc1. The first kappa shape index (κ1) is 9.98. The van der Waals surface area contributed by atoms with Crippen molar-refractivity contribution in [3.63, 3.8) is 0 Å². The summed E-state index contributed by atoms with van der Waals surface area (Å²) in [6, 6.07) is 3.64. The first-order valence-electron chi connectivity index (χ1n) is 4.06. The van der Waals surface area contributed by atoms with E-state index in [1.165, 1.54) is 6.20 Å². The highest BCUT2D eigenvalue weighted by molar-refractivity contribution is 6.08. The number of hydrogen-bond donors (Lipinski definition) is 2. The maximum absolute atomic E-state index is 5.39. The van der Waals surface area contributed by atoms with Gasteiger partial charge in [0.25, 0.3) is 0 Å². The Morgan fingerprint density at radius 2 is 2.07 bits per heavy atom. The standard InChI is InChI=1S/C10H12N4/c1-8(12)14-10(2-5-11)9-3-6-13-7-4-9/h2-7H,1,11-12H2/b5-2-,14-10?. The lowest BCUT2D eigenvalue weighted by Gasteiger charge is -2.00. The largest absolute Gasteiger partial charge is 0.405 e. The van der Waals surface area contributed by atoms with Crippen molar-refractivity contribution in [2.45, 2.75) is 0 Å². The molecule has 4 heteroatoms. The molecular formula is C10H12N4. The van der Waals surface area contributed by atoms with E-state index in [0.29, 0.717) is 5.71 Å². The fourth-order valence-electron chi connectivity index (χ4n) is 0.967. The fraction of sp³-hybridized carbons (Fsp3) is 0.